The molecular formula is C17H19NO3. The first-order valence-electron chi connectivity index (χ1n) is 7.77. The molecule has 2 aliphatic carbocycles. The minimum absolute atomic E-state index is 0.00449. The first kappa shape index (κ1) is 12.9. The number of aliphatic hydroxyl groups excluding tert-OH is 1. The van der Waals surface area contributed by atoms with E-state index in [0.29, 0.717) is 11.6 Å². The Morgan fingerprint density at radius 2 is 2.00 bits per heavy atom. The molecule has 0 aromatic carbocycles. The normalized spacial score (nSPS) is 23.8. The van der Waals surface area contributed by atoms with Crippen molar-refractivity contribution < 1.29 is 14.7 Å². The van der Waals surface area contributed by atoms with E-state index in [-0.39, 0.29) is 22.9 Å². The molecular weight excluding hydrogens is 266 g/mol. The molecule has 3 aliphatic rings. The van der Waals surface area contributed by atoms with Gasteiger partial charge < -0.3 is 9.67 Å². The van der Waals surface area contributed by atoms with Crippen LogP contribution in [0.4, 0.5) is 0 Å². The summed E-state index contributed by atoms with van der Waals surface area (Å²) in [5.74, 6) is -0.0817. The summed E-state index contributed by atoms with van der Waals surface area (Å²) in [5, 5.41) is 10.4. The maximum Gasteiger partial charge on any atom is 0.196 e. The standard InChI is InChI=1S/C17H19NO3/c1-10(19)14-15(20)13-8-12(11-4-5-11)9-18(13)17(16(14)21)6-2-3-7-17/h8-9,11,20H,2-7H2,1H3. The number of hydrogen-bond acceptors (Lipinski definition) is 3. The van der Waals surface area contributed by atoms with Gasteiger partial charge >= 0.3 is 0 Å². The summed E-state index contributed by atoms with van der Waals surface area (Å²) in [4.78, 5) is 24.8. The average Bonchev–Trinajstić information content (AvgIpc) is 3.01. The third-order valence-electron chi connectivity index (χ3n) is 5.26. The number of fused-ring (bicyclic) bond motifs is 2. The van der Waals surface area contributed by atoms with Gasteiger partial charge in [-0.3, -0.25) is 9.59 Å². The van der Waals surface area contributed by atoms with E-state index in [1.54, 1.807) is 0 Å². The largest absolute Gasteiger partial charge is 0.505 e. The van der Waals surface area contributed by atoms with Gasteiger partial charge in [0, 0.05) is 6.20 Å². The highest BCUT2D eigenvalue weighted by atomic mass is 16.3. The van der Waals surface area contributed by atoms with Gasteiger partial charge in [-0.2, -0.15) is 0 Å². The quantitative estimate of drug-likeness (QED) is 0.849. The molecule has 1 aliphatic heterocycles. The molecule has 4 nitrogen and oxygen atoms in total. The molecule has 2 fully saturated rings. The van der Waals surface area contributed by atoms with Crippen molar-refractivity contribution in [2.75, 3.05) is 0 Å². The lowest BCUT2D eigenvalue weighted by Crippen LogP contribution is -2.45. The molecule has 1 aromatic heterocycles. The van der Waals surface area contributed by atoms with Crippen LogP contribution < -0.4 is 0 Å². The van der Waals surface area contributed by atoms with Crippen LogP contribution in [0.1, 0.15) is 62.6 Å². The Kier molecular flexibility index (Phi) is 2.51. The van der Waals surface area contributed by atoms with Gasteiger partial charge in [0.1, 0.15) is 11.1 Å². The highest BCUT2D eigenvalue weighted by Crippen LogP contribution is 2.48. The fourth-order valence-corrected chi connectivity index (χ4v) is 3.99. The lowest BCUT2D eigenvalue weighted by molar-refractivity contribution is -0.127. The molecule has 0 amide bonds. The number of Topliss-reactive ketones (excluding diaryl/α,β-unsaturated/α-hetero) is 2. The summed E-state index contributed by atoms with van der Waals surface area (Å²) in [6.45, 7) is 1.37. The molecule has 4 rings (SSSR count). The second-order valence-electron chi connectivity index (χ2n) is 6.65. The summed E-state index contributed by atoms with van der Waals surface area (Å²) in [6, 6.07) is 1.97. The smallest absolute Gasteiger partial charge is 0.196 e. The lowest BCUT2D eigenvalue weighted by atomic mass is 9.82. The van der Waals surface area contributed by atoms with Crippen LogP contribution in [0.5, 0.6) is 0 Å². The molecule has 2 saturated carbocycles. The number of nitrogens with zero attached hydrogens (tertiary/aromatic N) is 1. The third kappa shape index (κ3) is 1.62. The van der Waals surface area contributed by atoms with Crippen LogP contribution in [-0.2, 0) is 15.1 Å². The molecule has 0 atom stereocenters. The van der Waals surface area contributed by atoms with Crippen LogP contribution in [0.25, 0.3) is 5.76 Å². The van der Waals surface area contributed by atoms with Gasteiger partial charge in [-0.25, -0.2) is 0 Å². The van der Waals surface area contributed by atoms with Gasteiger partial charge in [-0.05, 0) is 50.2 Å². The molecule has 1 N–H and O–H groups in total. The zero-order valence-electron chi connectivity index (χ0n) is 12.2. The molecule has 0 radical (unpaired) electrons. The van der Waals surface area contributed by atoms with Crippen molar-refractivity contribution in [3.05, 3.63) is 29.1 Å². The number of rotatable bonds is 2. The van der Waals surface area contributed by atoms with Crippen LogP contribution in [0, 0.1) is 0 Å². The van der Waals surface area contributed by atoms with E-state index in [4.69, 9.17) is 0 Å². The zero-order chi connectivity index (χ0) is 14.8. The number of carbonyl (C=O) groups excluding carboxylic acids is 2. The molecule has 110 valence electrons. The van der Waals surface area contributed by atoms with E-state index >= 15 is 0 Å². The van der Waals surface area contributed by atoms with E-state index in [0.717, 1.165) is 25.7 Å². The predicted molar refractivity (Wildman–Crippen MR) is 78.1 cm³/mol. The Bertz CT molecular complexity index is 685. The average molecular weight is 285 g/mol. The van der Waals surface area contributed by atoms with Crippen molar-refractivity contribution in [2.24, 2.45) is 0 Å². The fourth-order valence-electron chi connectivity index (χ4n) is 3.99. The van der Waals surface area contributed by atoms with Crippen LogP contribution >= 0.6 is 0 Å². The molecule has 21 heavy (non-hydrogen) atoms. The number of aromatic nitrogens is 1. The highest BCUT2D eigenvalue weighted by Gasteiger charge is 2.50. The van der Waals surface area contributed by atoms with Crippen LogP contribution in [-0.4, -0.2) is 21.2 Å². The van der Waals surface area contributed by atoms with Gasteiger partial charge in [0.25, 0.3) is 0 Å². The molecule has 4 heteroatoms. The Labute approximate surface area is 123 Å². The van der Waals surface area contributed by atoms with Crippen LogP contribution in [0.2, 0.25) is 0 Å². The maximum atomic E-state index is 12.9. The van der Waals surface area contributed by atoms with Gasteiger partial charge in [0.05, 0.1) is 5.69 Å². The van der Waals surface area contributed by atoms with Crippen molar-refractivity contribution in [2.45, 2.75) is 56.9 Å². The molecule has 0 bridgehead atoms. The maximum absolute atomic E-state index is 12.9. The number of carbonyl (C=O) groups is 2. The Morgan fingerprint density at radius 1 is 1.33 bits per heavy atom. The lowest BCUT2D eigenvalue weighted by Gasteiger charge is -2.35. The van der Waals surface area contributed by atoms with E-state index in [1.165, 1.54) is 25.3 Å². The zero-order valence-corrected chi connectivity index (χ0v) is 12.2. The minimum atomic E-state index is -0.629. The van der Waals surface area contributed by atoms with Crippen molar-refractivity contribution in [1.82, 2.24) is 4.57 Å². The van der Waals surface area contributed by atoms with Crippen LogP contribution in [0.3, 0.4) is 0 Å². The van der Waals surface area contributed by atoms with Crippen molar-refractivity contribution in [3.8, 4) is 0 Å². The van der Waals surface area contributed by atoms with Crippen molar-refractivity contribution >= 4 is 17.3 Å². The van der Waals surface area contributed by atoms with Gasteiger partial charge in [0.2, 0.25) is 0 Å². The van der Waals surface area contributed by atoms with E-state index in [2.05, 4.69) is 0 Å². The number of allylic oxidation sites excluding steroid dienone is 1. The fraction of sp³-hybridized carbons (Fsp3) is 0.529. The first-order chi connectivity index (χ1) is 10.0. The topological polar surface area (TPSA) is 59.3 Å². The summed E-state index contributed by atoms with van der Waals surface area (Å²) < 4.78 is 1.97. The van der Waals surface area contributed by atoms with Crippen molar-refractivity contribution in [1.29, 1.82) is 0 Å². The number of ketones is 2. The monoisotopic (exact) mass is 285 g/mol. The summed E-state index contributed by atoms with van der Waals surface area (Å²) >= 11 is 0. The number of aliphatic hydroxyl groups is 1. The summed E-state index contributed by atoms with van der Waals surface area (Å²) in [5.41, 5.74) is 1.23. The van der Waals surface area contributed by atoms with Gasteiger partial charge in [0.15, 0.2) is 17.3 Å². The molecule has 2 heterocycles. The summed E-state index contributed by atoms with van der Waals surface area (Å²) in [7, 11) is 0. The Balaban J connectivity index is 1.97. The molecule has 1 aromatic rings. The first-order valence-corrected chi connectivity index (χ1v) is 7.77. The van der Waals surface area contributed by atoms with E-state index < -0.39 is 5.54 Å². The third-order valence-corrected chi connectivity index (χ3v) is 5.26. The number of hydrogen-bond donors (Lipinski definition) is 1. The Hall–Kier alpha value is -1.84. The van der Waals surface area contributed by atoms with E-state index in [1.807, 2.05) is 16.8 Å². The predicted octanol–water partition coefficient (Wildman–Crippen LogP) is 3.08. The minimum Gasteiger partial charge on any atom is -0.505 e. The van der Waals surface area contributed by atoms with Crippen molar-refractivity contribution in [3.63, 3.8) is 0 Å². The van der Waals surface area contributed by atoms with E-state index in [9.17, 15) is 14.7 Å². The molecule has 0 unspecified atom stereocenters. The Morgan fingerprint density at radius 3 is 2.57 bits per heavy atom. The molecule has 1 spiro atoms. The summed E-state index contributed by atoms with van der Waals surface area (Å²) in [6.07, 6.45) is 7.91. The molecule has 0 saturated heterocycles. The second kappa shape index (κ2) is 4.09. The van der Waals surface area contributed by atoms with Gasteiger partial charge in [-0.1, -0.05) is 12.8 Å². The van der Waals surface area contributed by atoms with Crippen LogP contribution in [0.15, 0.2) is 17.8 Å². The second-order valence-corrected chi connectivity index (χ2v) is 6.65. The SMILES string of the molecule is CC(=O)C1=C(O)c2cc(C3CC3)cn2C2(CCCC2)C1=O. The van der Waals surface area contributed by atoms with Gasteiger partial charge in [-0.15, -0.1) is 0 Å². The highest BCUT2D eigenvalue weighted by molar-refractivity contribution is 6.27.